The maximum Gasteiger partial charge on any atom is 0.322 e. The molecule has 0 aliphatic rings. The number of amides is 2. The van der Waals surface area contributed by atoms with Crippen LogP contribution in [-0.4, -0.2) is 33.6 Å². The number of hydrogen-bond acceptors (Lipinski definition) is 4. The number of nitrogens with zero attached hydrogens (tertiary/aromatic N) is 3. The monoisotopic (exact) mass is 536 g/mol. The molecule has 3 aromatic carbocycles. The lowest BCUT2D eigenvalue weighted by Crippen LogP contribution is -2.40. The van der Waals surface area contributed by atoms with Crippen molar-refractivity contribution in [3.63, 3.8) is 0 Å². The molecule has 1 heterocycles. The minimum absolute atomic E-state index is 0.114. The Hall–Kier alpha value is -3.91. The van der Waals surface area contributed by atoms with Gasteiger partial charge in [0, 0.05) is 12.2 Å². The highest BCUT2D eigenvalue weighted by atomic mass is 35.5. The lowest BCUT2D eigenvalue weighted by atomic mass is 10.1. The molecule has 4 aromatic rings. The highest BCUT2D eigenvalue weighted by Crippen LogP contribution is 2.26. The Balaban J connectivity index is 1.78. The molecule has 198 valence electrons. The minimum atomic E-state index is -0.606. The van der Waals surface area contributed by atoms with Gasteiger partial charge in [0.1, 0.15) is 17.4 Å². The number of halogens is 2. The maximum atomic E-state index is 14.0. The number of carbonyl (C=O) groups excluding carboxylic acids is 1. The van der Waals surface area contributed by atoms with E-state index in [1.165, 1.54) is 22.8 Å². The van der Waals surface area contributed by atoms with E-state index in [1.807, 2.05) is 20.8 Å². The predicted octanol–water partition coefficient (Wildman–Crippen LogP) is 6.97. The van der Waals surface area contributed by atoms with Gasteiger partial charge in [-0.3, -0.25) is 9.36 Å². The van der Waals surface area contributed by atoms with Crippen molar-refractivity contribution in [3.8, 4) is 11.4 Å². The van der Waals surface area contributed by atoms with E-state index in [0.29, 0.717) is 47.0 Å². The van der Waals surface area contributed by atoms with Crippen molar-refractivity contribution < 1.29 is 13.9 Å². The highest BCUT2D eigenvalue weighted by molar-refractivity contribution is 6.30. The Morgan fingerprint density at radius 1 is 1.13 bits per heavy atom. The van der Waals surface area contributed by atoms with Crippen molar-refractivity contribution in [2.45, 2.75) is 39.7 Å². The molecule has 0 aliphatic carbocycles. The topological polar surface area (TPSA) is 76.5 Å². The lowest BCUT2D eigenvalue weighted by molar-refractivity contribution is 0.188. The summed E-state index contributed by atoms with van der Waals surface area (Å²) in [7, 11) is 0. The molecule has 4 rings (SSSR count). The van der Waals surface area contributed by atoms with Gasteiger partial charge in [-0.15, -0.1) is 0 Å². The average Bonchev–Trinajstić information content (AvgIpc) is 2.91. The summed E-state index contributed by atoms with van der Waals surface area (Å²) in [6.07, 6.45) is 1.62. The zero-order chi connectivity index (χ0) is 27.2. The normalized spacial score (nSPS) is 11.8. The standard InChI is InChI=1S/C29H30ClFN4O3/c1-4-6-17-34(29(37)32-20-11-14-22(15-12-20)38-5-2)19(3)27-33-26-10-8-7-9-23(26)28(36)35(27)21-13-16-25(31)24(30)18-21/h7-16,18-19H,4-6,17H2,1-3H3,(H,32,37). The van der Waals surface area contributed by atoms with Crippen molar-refractivity contribution in [2.75, 3.05) is 18.5 Å². The Kier molecular flexibility index (Phi) is 8.63. The summed E-state index contributed by atoms with van der Waals surface area (Å²) in [5, 5.41) is 3.24. The van der Waals surface area contributed by atoms with Crippen LogP contribution >= 0.6 is 11.6 Å². The van der Waals surface area contributed by atoms with E-state index in [1.54, 1.807) is 53.4 Å². The molecular weight excluding hydrogens is 507 g/mol. The van der Waals surface area contributed by atoms with Crippen LogP contribution < -0.4 is 15.6 Å². The van der Waals surface area contributed by atoms with Crippen LogP contribution in [0.2, 0.25) is 5.02 Å². The summed E-state index contributed by atoms with van der Waals surface area (Å²) in [6, 6.07) is 17.3. The van der Waals surface area contributed by atoms with Crippen LogP contribution in [0.1, 0.15) is 45.5 Å². The number of urea groups is 1. The first-order chi connectivity index (χ1) is 18.3. The van der Waals surface area contributed by atoms with Gasteiger partial charge in [-0.05, 0) is 74.9 Å². The Morgan fingerprint density at radius 3 is 2.55 bits per heavy atom. The molecule has 1 aromatic heterocycles. The second kappa shape index (κ2) is 12.1. The minimum Gasteiger partial charge on any atom is -0.494 e. The number of rotatable bonds is 9. The SMILES string of the molecule is CCCCN(C(=O)Nc1ccc(OCC)cc1)C(C)c1nc2ccccc2c(=O)n1-c1ccc(F)c(Cl)c1. The first-order valence-electron chi connectivity index (χ1n) is 12.6. The van der Waals surface area contributed by atoms with E-state index in [4.69, 9.17) is 21.3 Å². The van der Waals surface area contributed by atoms with E-state index >= 15 is 0 Å². The molecule has 0 aliphatic heterocycles. The largest absolute Gasteiger partial charge is 0.494 e. The van der Waals surface area contributed by atoms with E-state index in [0.717, 1.165) is 12.8 Å². The Morgan fingerprint density at radius 2 is 1.87 bits per heavy atom. The predicted molar refractivity (Wildman–Crippen MR) is 149 cm³/mol. The summed E-state index contributed by atoms with van der Waals surface area (Å²) in [4.78, 5) is 33.7. The van der Waals surface area contributed by atoms with Crippen LogP contribution in [0.4, 0.5) is 14.9 Å². The molecule has 9 heteroatoms. The van der Waals surface area contributed by atoms with Gasteiger partial charge in [0.2, 0.25) is 0 Å². The van der Waals surface area contributed by atoms with Gasteiger partial charge < -0.3 is 15.0 Å². The third-order valence-corrected chi connectivity index (χ3v) is 6.52. The fourth-order valence-electron chi connectivity index (χ4n) is 4.24. The first-order valence-corrected chi connectivity index (χ1v) is 13.0. The molecule has 0 saturated heterocycles. The smallest absolute Gasteiger partial charge is 0.322 e. The molecule has 0 bridgehead atoms. The number of anilines is 1. The maximum absolute atomic E-state index is 14.0. The molecule has 38 heavy (non-hydrogen) atoms. The van der Waals surface area contributed by atoms with E-state index in [2.05, 4.69) is 5.32 Å². The van der Waals surface area contributed by atoms with Crippen LogP contribution in [0.15, 0.2) is 71.5 Å². The number of aromatic nitrogens is 2. The zero-order valence-electron chi connectivity index (χ0n) is 21.6. The van der Waals surface area contributed by atoms with Crippen LogP contribution in [0, 0.1) is 5.82 Å². The quantitative estimate of drug-likeness (QED) is 0.250. The van der Waals surface area contributed by atoms with Gasteiger partial charge in [-0.1, -0.05) is 37.1 Å². The molecule has 2 amide bonds. The van der Waals surface area contributed by atoms with Crippen molar-refractivity contribution in [1.29, 1.82) is 0 Å². The van der Waals surface area contributed by atoms with Gasteiger partial charge >= 0.3 is 6.03 Å². The van der Waals surface area contributed by atoms with Crippen LogP contribution in [0.25, 0.3) is 16.6 Å². The third kappa shape index (κ3) is 5.81. The van der Waals surface area contributed by atoms with Gasteiger partial charge in [0.25, 0.3) is 5.56 Å². The lowest BCUT2D eigenvalue weighted by Gasteiger charge is -2.30. The van der Waals surface area contributed by atoms with Crippen molar-refractivity contribution in [1.82, 2.24) is 14.5 Å². The number of benzene rings is 3. The number of hydrogen-bond donors (Lipinski definition) is 1. The van der Waals surface area contributed by atoms with Crippen LogP contribution in [-0.2, 0) is 0 Å². The summed E-state index contributed by atoms with van der Waals surface area (Å²) >= 11 is 6.07. The zero-order valence-corrected chi connectivity index (χ0v) is 22.3. The number of carbonyl (C=O) groups is 1. The van der Waals surface area contributed by atoms with Crippen LogP contribution in [0.3, 0.4) is 0 Å². The molecular formula is C29H30ClFN4O3. The molecule has 1 atom stereocenters. The number of fused-ring (bicyclic) bond motifs is 1. The van der Waals surface area contributed by atoms with Gasteiger partial charge in [-0.2, -0.15) is 0 Å². The highest BCUT2D eigenvalue weighted by Gasteiger charge is 2.27. The second-order valence-corrected chi connectivity index (χ2v) is 9.24. The molecule has 0 spiro atoms. The van der Waals surface area contributed by atoms with Crippen molar-refractivity contribution >= 4 is 34.2 Å². The van der Waals surface area contributed by atoms with E-state index in [-0.39, 0.29) is 16.6 Å². The molecule has 7 nitrogen and oxygen atoms in total. The van der Waals surface area contributed by atoms with Crippen LogP contribution in [0.5, 0.6) is 5.75 Å². The summed E-state index contributed by atoms with van der Waals surface area (Å²) in [5.41, 5.74) is 1.15. The van der Waals surface area contributed by atoms with E-state index < -0.39 is 11.9 Å². The second-order valence-electron chi connectivity index (χ2n) is 8.84. The Bertz CT molecular complexity index is 1490. The fourth-order valence-corrected chi connectivity index (χ4v) is 4.41. The number of unbranched alkanes of at least 4 members (excludes halogenated alkanes) is 1. The van der Waals surface area contributed by atoms with Gasteiger partial charge in [-0.25, -0.2) is 14.2 Å². The molecule has 0 radical (unpaired) electrons. The van der Waals surface area contributed by atoms with E-state index in [9.17, 15) is 14.0 Å². The third-order valence-electron chi connectivity index (χ3n) is 6.23. The number of nitrogens with one attached hydrogen (secondary N) is 1. The summed E-state index contributed by atoms with van der Waals surface area (Å²) in [5.74, 6) is 0.462. The molecule has 0 saturated carbocycles. The van der Waals surface area contributed by atoms with Gasteiger partial charge in [0.15, 0.2) is 0 Å². The summed E-state index contributed by atoms with van der Waals surface area (Å²) < 4.78 is 20.9. The molecule has 1 unspecified atom stereocenters. The Labute approximate surface area is 225 Å². The van der Waals surface area contributed by atoms with Crippen molar-refractivity contribution in [2.24, 2.45) is 0 Å². The first kappa shape index (κ1) is 27.1. The van der Waals surface area contributed by atoms with Gasteiger partial charge in [0.05, 0.1) is 34.3 Å². The fraction of sp³-hybridized carbons (Fsp3) is 0.276. The molecule has 0 fully saturated rings. The van der Waals surface area contributed by atoms with Crippen molar-refractivity contribution in [3.05, 3.63) is 93.7 Å². The average molecular weight is 537 g/mol. The number of para-hydroxylation sites is 1. The summed E-state index contributed by atoms with van der Waals surface area (Å²) in [6.45, 7) is 6.76. The molecule has 1 N–H and O–H groups in total. The number of ether oxygens (including phenoxy) is 1.